The number of anilines is 2. The van der Waals surface area contributed by atoms with Crippen molar-refractivity contribution in [2.75, 3.05) is 9.80 Å². The van der Waals surface area contributed by atoms with Crippen molar-refractivity contribution >= 4 is 33.2 Å². The number of hydrogen-bond acceptors (Lipinski definition) is 4. The molecule has 1 aliphatic rings. The Kier molecular flexibility index (Phi) is 13.0. The molecule has 0 N–H and O–H groups in total. The molecule has 6 heteroatoms. The molecule has 8 aromatic rings. The summed E-state index contributed by atoms with van der Waals surface area (Å²) in [6.45, 7) is 29.3. The van der Waals surface area contributed by atoms with Crippen molar-refractivity contribution < 1.29 is 25.8 Å². The molecule has 0 aliphatic carbocycles. The molecule has 0 amide bonds. The van der Waals surface area contributed by atoms with E-state index in [0.717, 1.165) is 44.6 Å². The molecule has 0 atom stereocenters. The van der Waals surface area contributed by atoms with Gasteiger partial charge in [0.05, 0.1) is 0 Å². The van der Waals surface area contributed by atoms with Crippen LogP contribution in [0.2, 0.25) is 0 Å². The van der Waals surface area contributed by atoms with E-state index in [1.165, 1.54) is 38.9 Å². The Morgan fingerprint density at radius 1 is 0.567 bits per heavy atom. The number of nitrogens with zero attached hydrogens (tertiary/aromatic N) is 4. The zero-order valence-corrected chi connectivity index (χ0v) is 43.4. The average Bonchev–Trinajstić information content (AvgIpc) is 3.92. The van der Waals surface area contributed by atoms with Crippen molar-refractivity contribution in [2.45, 2.75) is 111 Å². The molecule has 1 aliphatic heterocycles. The summed E-state index contributed by atoms with van der Waals surface area (Å²) in [5, 5.41) is 2.23. The third kappa shape index (κ3) is 9.38. The molecule has 0 saturated heterocycles. The summed E-state index contributed by atoms with van der Waals surface area (Å²) in [4.78, 5) is 9.31. The number of pyridine rings is 1. The zero-order chi connectivity index (χ0) is 46.7. The molecule has 67 heavy (non-hydrogen) atoms. The van der Waals surface area contributed by atoms with Crippen molar-refractivity contribution in [3.8, 4) is 28.4 Å². The van der Waals surface area contributed by atoms with E-state index >= 15 is 0 Å². The van der Waals surface area contributed by atoms with Crippen LogP contribution in [0.1, 0.15) is 128 Å². The fraction of sp³-hybridized carbons (Fsp3) is 0.279. The number of hydrogen-bond donors (Lipinski definition) is 0. The van der Waals surface area contributed by atoms with E-state index in [4.69, 9.17) is 9.72 Å². The van der Waals surface area contributed by atoms with E-state index in [9.17, 15) is 0 Å². The van der Waals surface area contributed by atoms with Crippen LogP contribution in [-0.4, -0.2) is 9.55 Å². The van der Waals surface area contributed by atoms with Gasteiger partial charge in [0.2, 0.25) is 0 Å². The number of fused-ring (bicyclic) bond motifs is 3. The maximum absolute atomic E-state index is 6.99. The van der Waals surface area contributed by atoms with Crippen LogP contribution in [0.15, 0.2) is 146 Å². The Morgan fingerprint density at radius 3 is 1.91 bits per heavy atom. The van der Waals surface area contributed by atoms with Gasteiger partial charge in [0, 0.05) is 55.4 Å². The number of rotatable bonds is 10. The van der Waals surface area contributed by atoms with Crippen molar-refractivity contribution in [3.63, 3.8) is 0 Å². The summed E-state index contributed by atoms with van der Waals surface area (Å²) < 4.78 is 9.24. The second-order valence-corrected chi connectivity index (χ2v) is 21.2. The van der Waals surface area contributed by atoms with Gasteiger partial charge >= 0.3 is 0 Å². The minimum absolute atomic E-state index is 0. The molecule has 9 rings (SSSR count). The smallest absolute Gasteiger partial charge is 0.135 e. The van der Waals surface area contributed by atoms with Gasteiger partial charge in [-0.25, -0.2) is 4.98 Å². The summed E-state index contributed by atoms with van der Waals surface area (Å²) in [7, 11) is 0. The van der Waals surface area contributed by atoms with E-state index in [1.807, 2.05) is 12.3 Å². The maximum Gasteiger partial charge on any atom is 0.135 e. The van der Waals surface area contributed by atoms with Crippen molar-refractivity contribution in [3.05, 3.63) is 198 Å². The van der Waals surface area contributed by atoms with Gasteiger partial charge in [0.25, 0.3) is 0 Å². The summed E-state index contributed by atoms with van der Waals surface area (Å²) in [5.41, 5.74) is 13.7. The Morgan fingerprint density at radius 2 is 1.22 bits per heavy atom. The molecule has 0 spiro atoms. The van der Waals surface area contributed by atoms with Crippen LogP contribution in [0.3, 0.4) is 0 Å². The maximum atomic E-state index is 6.99. The summed E-state index contributed by atoms with van der Waals surface area (Å²) in [5.74, 6) is 2.71. The van der Waals surface area contributed by atoms with Gasteiger partial charge in [-0.15, -0.1) is 53.6 Å². The van der Waals surface area contributed by atoms with Crippen LogP contribution in [0.25, 0.3) is 38.8 Å². The molecule has 2 aromatic heterocycles. The number of ether oxygens (including phenoxy) is 1. The third-order valence-corrected chi connectivity index (χ3v) is 13.3. The SMILES string of the molecule is CC(C)c1cccc(C(C)C)c1-c1cc(Oc2[c-]c3c(cc2)c2cc(C(C)(C)c4ccccc4)ccc2n3-c2cc(C(C)(C)C)ccn2)[c-]c(N2C=CN(c3cccc(C(C)(C)C)c3)[CH-]2)c1.[Pt]. The fourth-order valence-corrected chi connectivity index (χ4v) is 9.29. The van der Waals surface area contributed by atoms with Gasteiger partial charge in [0.1, 0.15) is 5.82 Å². The van der Waals surface area contributed by atoms with Gasteiger partial charge in [-0.05, 0) is 110 Å². The van der Waals surface area contributed by atoms with Crippen molar-refractivity contribution in [1.29, 1.82) is 0 Å². The molecular formula is C61H63N4OPt-3. The first-order valence-electron chi connectivity index (χ1n) is 23.5. The molecule has 0 unspecified atom stereocenters. The predicted molar refractivity (Wildman–Crippen MR) is 277 cm³/mol. The van der Waals surface area contributed by atoms with Crippen LogP contribution >= 0.6 is 0 Å². The molecule has 0 saturated carbocycles. The molecule has 0 bridgehead atoms. The van der Waals surface area contributed by atoms with E-state index in [1.54, 1.807) is 0 Å². The minimum atomic E-state index is -0.210. The quantitative estimate of drug-likeness (QED) is 0.128. The van der Waals surface area contributed by atoms with Crippen LogP contribution in [0, 0.1) is 18.8 Å². The Hall–Kier alpha value is -5.90. The van der Waals surface area contributed by atoms with Gasteiger partial charge in [-0.2, -0.15) is 6.07 Å². The summed E-state index contributed by atoms with van der Waals surface area (Å²) >= 11 is 0. The van der Waals surface area contributed by atoms with Gasteiger partial charge < -0.3 is 19.1 Å². The first kappa shape index (κ1) is 47.6. The number of benzene rings is 6. The molecule has 346 valence electrons. The zero-order valence-electron chi connectivity index (χ0n) is 41.1. The molecule has 3 heterocycles. The second-order valence-electron chi connectivity index (χ2n) is 21.2. The van der Waals surface area contributed by atoms with Crippen molar-refractivity contribution in [1.82, 2.24) is 9.55 Å². The molecule has 5 nitrogen and oxygen atoms in total. The Labute approximate surface area is 413 Å². The average molecular weight is 1060 g/mol. The minimum Gasteiger partial charge on any atom is -0.509 e. The van der Waals surface area contributed by atoms with Crippen LogP contribution < -0.4 is 14.5 Å². The third-order valence-electron chi connectivity index (χ3n) is 13.3. The molecule has 0 fully saturated rings. The number of aromatic nitrogens is 2. The topological polar surface area (TPSA) is 33.5 Å². The monoisotopic (exact) mass is 1060 g/mol. The van der Waals surface area contributed by atoms with E-state index in [-0.39, 0.29) is 37.3 Å². The van der Waals surface area contributed by atoms with Crippen LogP contribution in [-0.2, 0) is 37.3 Å². The van der Waals surface area contributed by atoms with E-state index in [0.29, 0.717) is 23.3 Å². The largest absolute Gasteiger partial charge is 0.509 e. The summed E-state index contributed by atoms with van der Waals surface area (Å²) in [6.07, 6.45) is 6.14. The molecule has 0 radical (unpaired) electrons. The Bertz CT molecular complexity index is 3080. The normalized spacial score (nSPS) is 13.3. The predicted octanol–water partition coefficient (Wildman–Crippen LogP) is 16.3. The van der Waals surface area contributed by atoms with E-state index < -0.39 is 0 Å². The summed E-state index contributed by atoms with van der Waals surface area (Å²) in [6, 6.07) is 53.6. The van der Waals surface area contributed by atoms with Crippen LogP contribution in [0.4, 0.5) is 11.4 Å². The first-order valence-corrected chi connectivity index (χ1v) is 23.5. The van der Waals surface area contributed by atoms with Crippen molar-refractivity contribution in [2.24, 2.45) is 0 Å². The molecule has 6 aromatic carbocycles. The standard InChI is InChI=1S/C61H63N4O.Pt/c1-40(2)51-22-17-23-52(41(3)4)58(51)42-32-48(64-31-30-63(39-64)47-21-16-20-44(34-47)59(5,6)7)37-50(33-42)66-49-25-26-53-54-35-46(61(11,12)43-18-14-13-15-19-43)24-27-55(54)65(56(53)38-49)57-36-45(28-29-62-57)60(8,9)10;/h13-36,39-41H,1-12H3;/q-3;. The van der Waals surface area contributed by atoms with Gasteiger partial charge in [0.15, 0.2) is 0 Å². The Balaban J connectivity index is 0.00000608. The van der Waals surface area contributed by atoms with E-state index in [2.05, 4.69) is 250 Å². The van der Waals surface area contributed by atoms with Crippen LogP contribution in [0.5, 0.6) is 11.5 Å². The molecular weight excluding hydrogens is 1000 g/mol. The first-order chi connectivity index (χ1) is 31.4. The second kappa shape index (κ2) is 18.3. The fourth-order valence-electron chi connectivity index (χ4n) is 9.29. The van der Waals surface area contributed by atoms with Gasteiger partial charge in [-0.3, -0.25) is 0 Å². The van der Waals surface area contributed by atoms with Gasteiger partial charge in [-0.1, -0.05) is 161 Å².